The fourth-order valence-corrected chi connectivity index (χ4v) is 1.97. The summed E-state index contributed by atoms with van der Waals surface area (Å²) in [7, 11) is 0. The largest absolute Gasteiger partial charge is 0.326 e. The smallest absolute Gasteiger partial charge is 0.144 e. The van der Waals surface area contributed by atoms with E-state index in [1.165, 1.54) is 12.1 Å². The fourth-order valence-electron chi connectivity index (χ4n) is 1.97. The molecule has 0 bridgehead atoms. The van der Waals surface area contributed by atoms with Crippen molar-refractivity contribution in [2.45, 2.75) is 6.54 Å². The van der Waals surface area contributed by atoms with E-state index in [2.05, 4.69) is 4.98 Å². The molecule has 0 radical (unpaired) electrons. The highest BCUT2D eigenvalue weighted by molar-refractivity contribution is 5.62. The predicted octanol–water partition coefficient (Wildman–Crippen LogP) is 2.60. The summed E-state index contributed by atoms with van der Waals surface area (Å²) in [6, 6.07) is 10.3. The standard InChI is InChI=1S/C14H12FN3/c15-12-4-2-11(3-5-12)14-17-8-13-6-1-10(7-16)9-18(13)14/h1-6,8-9H,7,16H2. The van der Waals surface area contributed by atoms with Crippen LogP contribution in [0.15, 0.2) is 48.8 Å². The molecule has 18 heavy (non-hydrogen) atoms. The molecule has 2 heterocycles. The highest BCUT2D eigenvalue weighted by atomic mass is 19.1. The second-order valence-corrected chi connectivity index (χ2v) is 4.13. The van der Waals surface area contributed by atoms with Gasteiger partial charge in [0.2, 0.25) is 0 Å². The number of hydrogen-bond acceptors (Lipinski definition) is 2. The Kier molecular flexibility index (Phi) is 2.57. The van der Waals surface area contributed by atoms with Gasteiger partial charge in [-0.2, -0.15) is 0 Å². The third-order valence-electron chi connectivity index (χ3n) is 2.93. The van der Waals surface area contributed by atoms with E-state index in [4.69, 9.17) is 5.73 Å². The van der Waals surface area contributed by atoms with Crippen LogP contribution in [0.3, 0.4) is 0 Å². The van der Waals surface area contributed by atoms with Gasteiger partial charge in [0.25, 0.3) is 0 Å². The molecule has 3 nitrogen and oxygen atoms in total. The number of pyridine rings is 1. The molecule has 90 valence electrons. The van der Waals surface area contributed by atoms with Crippen LogP contribution in [0.2, 0.25) is 0 Å². The molecule has 0 aliphatic rings. The van der Waals surface area contributed by atoms with Crippen molar-refractivity contribution in [3.63, 3.8) is 0 Å². The Hall–Kier alpha value is -2.20. The maximum Gasteiger partial charge on any atom is 0.144 e. The highest BCUT2D eigenvalue weighted by Gasteiger charge is 2.06. The Labute approximate surface area is 104 Å². The van der Waals surface area contributed by atoms with Crippen LogP contribution >= 0.6 is 0 Å². The number of imidazole rings is 1. The van der Waals surface area contributed by atoms with E-state index in [1.807, 2.05) is 22.7 Å². The predicted molar refractivity (Wildman–Crippen MR) is 68.5 cm³/mol. The van der Waals surface area contributed by atoms with Crippen molar-refractivity contribution >= 4 is 5.52 Å². The lowest BCUT2D eigenvalue weighted by molar-refractivity contribution is 0.628. The summed E-state index contributed by atoms with van der Waals surface area (Å²) < 4.78 is 14.9. The van der Waals surface area contributed by atoms with Crippen molar-refractivity contribution in [1.82, 2.24) is 9.38 Å². The number of nitrogens with zero attached hydrogens (tertiary/aromatic N) is 2. The Bertz CT molecular complexity index is 686. The average molecular weight is 241 g/mol. The number of benzene rings is 1. The number of rotatable bonds is 2. The summed E-state index contributed by atoms with van der Waals surface area (Å²) in [6.45, 7) is 0.483. The molecule has 2 N–H and O–H groups in total. The van der Waals surface area contributed by atoms with Gasteiger partial charge < -0.3 is 5.73 Å². The molecule has 2 aromatic heterocycles. The van der Waals surface area contributed by atoms with Gasteiger partial charge in [0, 0.05) is 18.3 Å². The topological polar surface area (TPSA) is 43.3 Å². The summed E-state index contributed by atoms with van der Waals surface area (Å²) in [4.78, 5) is 4.37. The molecule has 0 aliphatic carbocycles. The first-order chi connectivity index (χ1) is 8.78. The van der Waals surface area contributed by atoms with Gasteiger partial charge >= 0.3 is 0 Å². The van der Waals surface area contributed by atoms with Gasteiger partial charge in [-0.3, -0.25) is 4.40 Å². The van der Waals surface area contributed by atoms with Gasteiger partial charge in [0.15, 0.2) is 0 Å². The SMILES string of the molecule is NCc1ccc2cnc(-c3ccc(F)cc3)n2c1. The number of nitrogens with two attached hydrogens (primary N) is 1. The zero-order valence-corrected chi connectivity index (χ0v) is 9.68. The lowest BCUT2D eigenvalue weighted by Crippen LogP contribution is -1.99. The van der Waals surface area contributed by atoms with E-state index in [0.717, 1.165) is 22.5 Å². The molecule has 0 fully saturated rings. The van der Waals surface area contributed by atoms with Gasteiger partial charge in [-0.1, -0.05) is 6.07 Å². The molecule has 3 rings (SSSR count). The van der Waals surface area contributed by atoms with Crippen LogP contribution in [-0.4, -0.2) is 9.38 Å². The zero-order chi connectivity index (χ0) is 12.5. The van der Waals surface area contributed by atoms with Gasteiger partial charge in [-0.05, 0) is 35.9 Å². The third-order valence-corrected chi connectivity index (χ3v) is 2.93. The molecular weight excluding hydrogens is 229 g/mol. The normalized spacial score (nSPS) is 11.0. The van der Waals surface area contributed by atoms with Gasteiger partial charge in [-0.15, -0.1) is 0 Å². The number of halogens is 1. The molecule has 0 spiro atoms. The molecule has 0 aliphatic heterocycles. The first-order valence-electron chi connectivity index (χ1n) is 5.70. The Balaban J connectivity index is 2.19. The second-order valence-electron chi connectivity index (χ2n) is 4.13. The molecule has 0 unspecified atom stereocenters. The number of hydrogen-bond donors (Lipinski definition) is 1. The highest BCUT2D eigenvalue weighted by Crippen LogP contribution is 2.20. The molecule has 0 saturated heterocycles. The van der Waals surface area contributed by atoms with Crippen molar-refractivity contribution in [2.75, 3.05) is 0 Å². The van der Waals surface area contributed by atoms with Gasteiger partial charge in [-0.25, -0.2) is 9.37 Å². The van der Waals surface area contributed by atoms with Gasteiger partial charge in [0.1, 0.15) is 11.6 Å². The summed E-state index contributed by atoms with van der Waals surface area (Å²) in [5.74, 6) is 0.544. The maximum absolute atomic E-state index is 12.9. The maximum atomic E-state index is 12.9. The van der Waals surface area contributed by atoms with E-state index in [-0.39, 0.29) is 5.82 Å². The average Bonchev–Trinajstić information content (AvgIpc) is 2.82. The van der Waals surface area contributed by atoms with Crippen molar-refractivity contribution in [3.8, 4) is 11.4 Å². The Morgan fingerprint density at radius 1 is 1.11 bits per heavy atom. The van der Waals surface area contributed by atoms with E-state index in [0.29, 0.717) is 6.54 Å². The van der Waals surface area contributed by atoms with Crippen molar-refractivity contribution in [2.24, 2.45) is 5.73 Å². The third kappa shape index (κ3) is 1.76. The lowest BCUT2D eigenvalue weighted by atomic mass is 10.2. The molecular formula is C14H12FN3. The van der Waals surface area contributed by atoms with Crippen LogP contribution in [0.25, 0.3) is 16.9 Å². The number of aromatic nitrogens is 2. The van der Waals surface area contributed by atoms with Crippen molar-refractivity contribution in [3.05, 3.63) is 60.2 Å². The minimum Gasteiger partial charge on any atom is -0.326 e. The summed E-state index contributed by atoms with van der Waals surface area (Å²) in [5.41, 5.74) is 8.54. The minimum atomic E-state index is -0.248. The fraction of sp³-hybridized carbons (Fsp3) is 0.0714. The molecule has 4 heteroatoms. The summed E-state index contributed by atoms with van der Waals surface area (Å²) in [5, 5.41) is 0. The molecule has 0 saturated carbocycles. The summed E-state index contributed by atoms with van der Waals surface area (Å²) >= 11 is 0. The quantitative estimate of drug-likeness (QED) is 0.749. The van der Waals surface area contributed by atoms with Crippen LogP contribution in [-0.2, 0) is 6.54 Å². The molecule has 3 aromatic rings. The Morgan fingerprint density at radius 2 is 1.89 bits per heavy atom. The number of fused-ring (bicyclic) bond motifs is 1. The van der Waals surface area contributed by atoms with Crippen LogP contribution < -0.4 is 5.73 Å². The van der Waals surface area contributed by atoms with Crippen LogP contribution in [0.4, 0.5) is 4.39 Å². The van der Waals surface area contributed by atoms with E-state index in [9.17, 15) is 4.39 Å². The van der Waals surface area contributed by atoms with Crippen LogP contribution in [0, 0.1) is 5.82 Å². The van der Waals surface area contributed by atoms with Crippen LogP contribution in [0.1, 0.15) is 5.56 Å². The first-order valence-corrected chi connectivity index (χ1v) is 5.70. The first kappa shape index (κ1) is 10.9. The molecule has 1 aromatic carbocycles. The monoisotopic (exact) mass is 241 g/mol. The Morgan fingerprint density at radius 3 is 2.61 bits per heavy atom. The van der Waals surface area contributed by atoms with Crippen molar-refractivity contribution in [1.29, 1.82) is 0 Å². The lowest BCUT2D eigenvalue weighted by Gasteiger charge is -2.03. The van der Waals surface area contributed by atoms with E-state index in [1.54, 1.807) is 18.3 Å². The molecule has 0 amide bonds. The van der Waals surface area contributed by atoms with Gasteiger partial charge in [0.05, 0.1) is 11.7 Å². The van der Waals surface area contributed by atoms with E-state index < -0.39 is 0 Å². The zero-order valence-electron chi connectivity index (χ0n) is 9.68. The summed E-state index contributed by atoms with van der Waals surface area (Å²) in [6.07, 6.45) is 3.75. The van der Waals surface area contributed by atoms with Crippen molar-refractivity contribution < 1.29 is 4.39 Å². The molecule has 0 atom stereocenters. The van der Waals surface area contributed by atoms with E-state index >= 15 is 0 Å². The second kappa shape index (κ2) is 4.23. The van der Waals surface area contributed by atoms with Crippen LogP contribution in [0.5, 0.6) is 0 Å². The minimum absolute atomic E-state index is 0.248.